The summed E-state index contributed by atoms with van der Waals surface area (Å²) in [7, 11) is 1.81. The summed E-state index contributed by atoms with van der Waals surface area (Å²) in [5.41, 5.74) is 1.17. The number of thioether (sulfide) groups is 2. The van der Waals surface area contributed by atoms with E-state index in [2.05, 4.69) is 5.10 Å². The summed E-state index contributed by atoms with van der Waals surface area (Å²) in [5, 5.41) is 17.4. The third kappa shape index (κ3) is 2.78. The molecule has 0 radical (unpaired) electrons. The summed E-state index contributed by atoms with van der Waals surface area (Å²) in [4.78, 5) is 37.1. The number of Topliss-reactive ketones (excluding diaryl/α,β-unsaturated/α-hetero) is 2. The molecule has 0 aromatic heterocycles. The molecule has 0 saturated heterocycles. The molecular formula is C16H16N4O4S2. The third-order valence-corrected chi connectivity index (χ3v) is 7.36. The summed E-state index contributed by atoms with van der Waals surface area (Å²) in [6.45, 7) is 4.74. The number of allylic oxidation sites excluding steroid dienone is 2. The largest absolute Gasteiger partial charge is 0.335 e. The Labute approximate surface area is 158 Å². The fourth-order valence-electron chi connectivity index (χ4n) is 2.69. The Balaban J connectivity index is 2.12. The summed E-state index contributed by atoms with van der Waals surface area (Å²) >= 11 is 2.52. The Morgan fingerprint density at radius 2 is 1.92 bits per heavy atom. The fraction of sp³-hybridized carbons (Fsp3) is 0.312. The maximum Gasteiger partial charge on any atom is 0.271 e. The van der Waals surface area contributed by atoms with Crippen molar-refractivity contribution in [2.75, 3.05) is 12.1 Å². The average molecular weight is 392 g/mol. The average Bonchev–Trinajstić information content (AvgIpc) is 3.10. The van der Waals surface area contributed by atoms with E-state index in [1.807, 2.05) is 18.9 Å². The molecule has 0 N–H and O–H groups in total. The van der Waals surface area contributed by atoms with E-state index in [1.54, 1.807) is 17.1 Å². The minimum absolute atomic E-state index is 0.0729. The summed E-state index contributed by atoms with van der Waals surface area (Å²) in [6, 6.07) is 6.06. The van der Waals surface area contributed by atoms with Gasteiger partial charge in [-0.25, -0.2) is 5.01 Å². The number of carbonyl (C=O) groups excluding carboxylic acids is 2. The highest BCUT2D eigenvalue weighted by Gasteiger charge is 2.55. The lowest BCUT2D eigenvalue weighted by atomic mass is 10.2. The Morgan fingerprint density at radius 3 is 2.46 bits per heavy atom. The molecule has 8 nitrogen and oxygen atoms in total. The van der Waals surface area contributed by atoms with Gasteiger partial charge in [-0.2, -0.15) is 5.10 Å². The molecule has 2 aliphatic rings. The van der Waals surface area contributed by atoms with E-state index < -0.39 is 9.25 Å². The highest BCUT2D eigenvalue weighted by Crippen LogP contribution is 2.58. The monoisotopic (exact) mass is 392 g/mol. The minimum Gasteiger partial charge on any atom is -0.335 e. The molecule has 2 aliphatic heterocycles. The molecule has 26 heavy (non-hydrogen) atoms. The van der Waals surface area contributed by atoms with Crippen LogP contribution < -0.4 is 5.01 Å². The van der Waals surface area contributed by atoms with Crippen molar-refractivity contribution in [1.82, 2.24) is 4.90 Å². The summed E-state index contributed by atoms with van der Waals surface area (Å²) in [5.74, 6) is -0.280. The molecule has 0 fully saturated rings. The molecule has 0 aliphatic carbocycles. The fourth-order valence-corrected chi connectivity index (χ4v) is 5.56. The van der Waals surface area contributed by atoms with Gasteiger partial charge < -0.3 is 4.90 Å². The molecular weight excluding hydrogens is 376 g/mol. The second-order valence-electron chi connectivity index (χ2n) is 5.83. The lowest BCUT2D eigenvalue weighted by Gasteiger charge is -2.39. The molecule has 1 aromatic carbocycles. The van der Waals surface area contributed by atoms with Gasteiger partial charge in [0.2, 0.25) is 4.33 Å². The molecule has 1 aromatic rings. The molecule has 0 saturated carbocycles. The normalized spacial score (nSPS) is 22.2. The van der Waals surface area contributed by atoms with E-state index in [9.17, 15) is 19.7 Å². The van der Waals surface area contributed by atoms with Crippen LogP contribution in [-0.4, -0.2) is 37.8 Å². The Kier molecular flexibility index (Phi) is 4.57. The molecule has 10 heteroatoms. The van der Waals surface area contributed by atoms with Crippen LogP contribution in [0.15, 0.2) is 40.0 Å². The van der Waals surface area contributed by atoms with Crippen molar-refractivity contribution in [2.45, 2.75) is 25.1 Å². The number of nitro groups is 1. The van der Waals surface area contributed by atoms with Crippen LogP contribution in [0, 0.1) is 10.1 Å². The SMILES string of the molecule is CC(=O)C1=NN(c2cccc([N+](=O)[O-])c2)[C@]2(S1)SC(C(C)=O)=C(C)N2C. The smallest absolute Gasteiger partial charge is 0.271 e. The molecule has 0 unspecified atom stereocenters. The van der Waals surface area contributed by atoms with Crippen molar-refractivity contribution in [3.8, 4) is 0 Å². The number of non-ortho nitro benzene ring substituents is 1. The van der Waals surface area contributed by atoms with Crippen LogP contribution >= 0.6 is 23.5 Å². The lowest BCUT2D eigenvalue weighted by molar-refractivity contribution is -0.384. The zero-order valence-electron chi connectivity index (χ0n) is 14.5. The highest BCUT2D eigenvalue weighted by molar-refractivity contribution is 8.28. The predicted molar refractivity (Wildman–Crippen MR) is 103 cm³/mol. The van der Waals surface area contributed by atoms with Crippen molar-refractivity contribution >= 4 is 51.5 Å². The van der Waals surface area contributed by atoms with Crippen molar-refractivity contribution in [2.24, 2.45) is 5.10 Å². The maximum absolute atomic E-state index is 12.0. The van der Waals surface area contributed by atoms with Gasteiger partial charge in [-0.1, -0.05) is 17.8 Å². The number of hydrogen-bond acceptors (Lipinski definition) is 9. The van der Waals surface area contributed by atoms with E-state index >= 15 is 0 Å². The number of carbonyl (C=O) groups is 2. The lowest BCUT2D eigenvalue weighted by Crippen LogP contribution is -2.47. The summed E-state index contributed by atoms with van der Waals surface area (Å²) < 4.78 is -0.915. The molecule has 1 spiro atoms. The van der Waals surface area contributed by atoms with Gasteiger partial charge in [0.15, 0.2) is 16.6 Å². The van der Waals surface area contributed by atoms with Gasteiger partial charge in [0, 0.05) is 31.8 Å². The predicted octanol–water partition coefficient (Wildman–Crippen LogP) is 3.16. The molecule has 136 valence electrons. The van der Waals surface area contributed by atoms with Crippen LogP contribution in [-0.2, 0) is 9.59 Å². The number of benzene rings is 1. The Hall–Kier alpha value is -2.33. The van der Waals surface area contributed by atoms with E-state index in [0.717, 1.165) is 5.70 Å². The minimum atomic E-state index is -0.915. The molecule has 0 amide bonds. The number of rotatable bonds is 4. The summed E-state index contributed by atoms with van der Waals surface area (Å²) in [6.07, 6.45) is 0. The van der Waals surface area contributed by atoms with Gasteiger partial charge in [0.05, 0.1) is 15.5 Å². The zero-order chi connectivity index (χ0) is 19.2. The Bertz CT molecular complexity index is 898. The number of hydrazone groups is 1. The van der Waals surface area contributed by atoms with Gasteiger partial charge in [-0.3, -0.25) is 19.7 Å². The van der Waals surface area contributed by atoms with Crippen molar-refractivity contribution < 1.29 is 14.5 Å². The molecule has 3 rings (SSSR count). The van der Waals surface area contributed by atoms with Crippen molar-refractivity contribution in [3.05, 3.63) is 45.0 Å². The van der Waals surface area contributed by atoms with Crippen molar-refractivity contribution in [1.29, 1.82) is 0 Å². The molecule has 0 bridgehead atoms. The third-order valence-electron chi connectivity index (χ3n) is 4.08. The first-order valence-electron chi connectivity index (χ1n) is 7.65. The highest BCUT2D eigenvalue weighted by atomic mass is 32.2. The van der Waals surface area contributed by atoms with Crippen LogP contribution in [0.4, 0.5) is 11.4 Å². The number of hydrogen-bond donors (Lipinski definition) is 0. The first-order chi connectivity index (χ1) is 12.2. The van der Waals surface area contributed by atoms with E-state index in [4.69, 9.17) is 0 Å². The van der Waals surface area contributed by atoms with Gasteiger partial charge in [0.25, 0.3) is 5.69 Å². The maximum atomic E-state index is 12.0. The van der Waals surface area contributed by atoms with Crippen LogP contribution in [0.1, 0.15) is 20.8 Å². The standard InChI is InChI=1S/C16H16N4O4S2/c1-9-14(10(2)21)25-16(18(9)4)19(17-15(26-16)11(3)22)12-6-5-7-13(8-12)20(23)24/h5-8H,1-4H3/t16-/m0/s1. The quantitative estimate of drug-likeness (QED) is 0.569. The molecule has 1 atom stereocenters. The van der Waals surface area contributed by atoms with Crippen LogP contribution in [0.5, 0.6) is 0 Å². The first-order valence-corrected chi connectivity index (χ1v) is 9.28. The second kappa shape index (κ2) is 6.44. The van der Waals surface area contributed by atoms with Crippen LogP contribution in [0.2, 0.25) is 0 Å². The van der Waals surface area contributed by atoms with Gasteiger partial charge in [0.1, 0.15) is 0 Å². The van der Waals surface area contributed by atoms with Crippen LogP contribution in [0.3, 0.4) is 0 Å². The van der Waals surface area contributed by atoms with Gasteiger partial charge >= 0.3 is 0 Å². The number of nitrogens with zero attached hydrogens (tertiary/aromatic N) is 4. The van der Waals surface area contributed by atoms with E-state index in [1.165, 1.54) is 49.5 Å². The van der Waals surface area contributed by atoms with Gasteiger partial charge in [-0.15, -0.1) is 0 Å². The van der Waals surface area contributed by atoms with Crippen LogP contribution in [0.25, 0.3) is 0 Å². The van der Waals surface area contributed by atoms with E-state index in [-0.39, 0.29) is 22.3 Å². The number of anilines is 1. The topological polar surface area (TPSA) is 96.1 Å². The molecule has 2 heterocycles. The zero-order valence-corrected chi connectivity index (χ0v) is 16.2. The van der Waals surface area contributed by atoms with E-state index in [0.29, 0.717) is 10.6 Å². The number of ketones is 2. The Morgan fingerprint density at radius 1 is 1.23 bits per heavy atom. The van der Waals surface area contributed by atoms with Gasteiger partial charge in [-0.05, 0) is 31.7 Å². The first kappa shape index (κ1) is 18.5. The van der Waals surface area contributed by atoms with Crippen molar-refractivity contribution in [3.63, 3.8) is 0 Å². The number of nitro benzene ring substituents is 1. The second-order valence-corrected chi connectivity index (χ2v) is 8.43.